The Bertz CT molecular complexity index is 168. The Hall–Kier alpha value is 0.323. The van der Waals surface area contributed by atoms with Crippen molar-refractivity contribution in [2.45, 2.75) is 5.51 Å². The molecule has 0 spiro atoms. The van der Waals surface area contributed by atoms with Gasteiger partial charge in [-0.15, -0.1) is 0 Å². The molecule has 0 N–H and O–H groups in total. The van der Waals surface area contributed by atoms with Crippen LogP contribution in [0.5, 0.6) is 0 Å². The van der Waals surface area contributed by atoms with Crippen LogP contribution in [0.3, 0.4) is 0 Å². The van der Waals surface area contributed by atoms with Gasteiger partial charge in [-0.3, -0.25) is 0 Å². The van der Waals surface area contributed by atoms with Crippen LogP contribution in [0.4, 0.5) is 13.2 Å². The zero-order chi connectivity index (χ0) is 7.00. The first-order valence-electron chi connectivity index (χ1n) is 1.27. The average Bonchev–Trinajstić information content (AvgIpc) is 1.25. The summed E-state index contributed by atoms with van der Waals surface area (Å²) < 4.78 is 58.9. The van der Waals surface area contributed by atoms with Crippen molar-refractivity contribution in [1.82, 2.24) is 0 Å². The van der Waals surface area contributed by atoms with E-state index >= 15 is 0 Å². The van der Waals surface area contributed by atoms with Gasteiger partial charge in [0.05, 0.1) is 0 Å². The van der Waals surface area contributed by atoms with Gasteiger partial charge in [-0.05, 0) is 0 Å². The number of alkyl halides is 3. The number of hydrogen-bond acceptors (Lipinski definition) is 3. The van der Waals surface area contributed by atoms with E-state index in [0.29, 0.717) is 0 Å². The minimum Gasteiger partial charge on any atom is -0.741 e. The van der Waals surface area contributed by atoms with Gasteiger partial charge in [0.2, 0.25) is 0 Å². The van der Waals surface area contributed by atoms with E-state index in [1.165, 1.54) is 0 Å². The Balaban J connectivity index is 0. The van der Waals surface area contributed by atoms with Crippen LogP contribution in [0.15, 0.2) is 0 Å². The van der Waals surface area contributed by atoms with Crippen molar-refractivity contribution in [3.63, 3.8) is 0 Å². The molecule has 0 unspecified atom stereocenters. The first-order chi connectivity index (χ1) is 3.25. The van der Waals surface area contributed by atoms with E-state index in [2.05, 4.69) is 0 Å². The second-order valence-corrected chi connectivity index (χ2v) is 2.27. The van der Waals surface area contributed by atoms with Crippen molar-refractivity contribution in [3.05, 3.63) is 0 Å². The maximum Gasteiger partial charge on any atom is 1.00 e. The summed E-state index contributed by atoms with van der Waals surface area (Å²) in [4.78, 5) is 0. The topological polar surface area (TPSA) is 57.2 Å². The molecule has 9 heavy (non-hydrogen) atoms. The second-order valence-electron chi connectivity index (χ2n) is 0.900. The third-order valence-electron chi connectivity index (χ3n) is 0.283. The van der Waals surface area contributed by atoms with Crippen LogP contribution in [0.25, 0.3) is 0 Å². The van der Waals surface area contributed by atoms with Crippen LogP contribution in [0.1, 0.15) is 0 Å². The molecule has 57 valence electrons. The Morgan fingerprint density at radius 1 is 1.22 bits per heavy atom. The van der Waals surface area contributed by atoms with Gasteiger partial charge >= 0.3 is 25.0 Å². The summed E-state index contributed by atoms with van der Waals surface area (Å²) in [6, 6.07) is 0. The van der Waals surface area contributed by atoms with Crippen LogP contribution in [-0.4, -0.2) is 18.5 Å². The van der Waals surface area contributed by atoms with Gasteiger partial charge in [-0.25, -0.2) is 8.42 Å². The summed E-state index contributed by atoms with van der Waals surface area (Å²) in [6.45, 7) is 0. The molecule has 8 heteroatoms. The molecular formula is CF3O3RuS. The van der Waals surface area contributed by atoms with E-state index < -0.39 is 15.6 Å². The fourth-order valence-electron chi connectivity index (χ4n) is 0. The average molecular weight is 250 g/mol. The maximum atomic E-state index is 10.7. The molecule has 0 aromatic rings. The number of hydrogen-bond donors (Lipinski definition) is 0. The minimum absolute atomic E-state index is 0. The fraction of sp³-hybridized carbons (Fsp3) is 1.00. The largest absolute Gasteiger partial charge is 1.00 e. The van der Waals surface area contributed by atoms with E-state index in [1.54, 1.807) is 0 Å². The van der Waals surface area contributed by atoms with Gasteiger partial charge in [-0.1, -0.05) is 0 Å². The molecule has 0 aliphatic rings. The second kappa shape index (κ2) is 2.94. The van der Waals surface area contributed by atoms with Crippen molar-refractivity contribution in [2.24, 2.45) is 0 Å². The minimum atomic E-state index is -6.09. The summed E-state index contributed by atoms with van der Waals surface area (Å²) in [6.07, 6.45) is 0. The number of halogens is 3. The molecule has 0 amide bonds. The van der Waals surface area contributed by atoms with Crippen molar-refractivity contribution >= 4 is 10.1 Å². The molecule has 0 rings (SSSR count). The summed E-state index contributed by atoms with van der Waals surface area (Å²) in [5.41, 5.74) is -5.65. The maximum absolute atomic E-state index is 10.7. The smallest absolute Gasteiger partial charge is 0.741 e. The molecule has 0 aliphatic carbocycles. The summed E-state index contributed by atoms with van der Waals surface area (Å²) in [7, 11) is -6.09. The standard InChI is InChI=1S/CHF3O3S.Ru/c2-1(3,4)8(5,6)7;/h(H,5,6,7);/q;+1/p-1. The molecule has 0 fully saturated rings. The third kappa shape index (κ3) is 3.83. The Morgan fingerprint density at radius 3 is 1.33 bits per heavy atom. The van der Waals surface area contributed by atoms with Crippen molar-refractivity contribution in [2.75, 3.05) is 0 Å². The summed E-state index contributed by atoms with van der Waals surface area (Å²) >= 11 is 0. The zero-order valence-electron chi connectivity index (χ0n) is 3.62. The monoisotopic (exact) mass is 251 g/mol. The Morgan fingerprint density at radius 2 is 1.33 bits per heavy atom. The molecule has 0 aromatic carbocycles. The Kier molecular flexibility index (Phi) is 3.93. The van der Waals surface area contributed by atoms with Crippen molar-refractivity contribution < 1.29 is 45.6 Å². The van der Waals surface area contributed by atoms with E-state index in [4.69, 9.17) is 13.0 Å². The molecule has 1 radical (unpaired) electrons. The van der Waals surface area contributed by atoms with Crippen molar-refractivity contribution in [3.8, 4) is 0 Å². The molecule has 0 aromatic heterocycles. The van der Waals surface area contributed by atoms with Crippen LogP contribution in [0, 0.1) is 0 Å². The molecule has 0 saturated heterocycles. The normalized spacial score (nSPS) is 12.4. The van der Waals surface area contributed by atoms with Gasteiger partial charge in [0.25, 0.3) is 0 Å². The van der Waals surface area contributed by atoms with E-state index in [1.807, 2.05) is 0 Å². The van der Waals surface area contributed by atoms with Crippen LogP contribution in [0.2, 0.25) is 0 Å². The van der Waals surface area contributed by atoms with E-state index in [9.17, 15) is 13.2 Å². The molecular weight excluding hydrogens is 250 g/mol. The zero-order valence-corrected chi connectivity index (χ0v) is 6.18. The third-order valence-corrected chi connectivity index (χ3v) is 0.850. The van der Waals surface area contributed by atoms with Crippen LogP contribution >= 0.6 is 0 Å². The first-order valence-corrected chi connectivity index (χ1v) is 2.68. The van der Waals surface area contributed by atoms with E-state index in [0.717, 1.165) is 0 Å². The number of rotatable bonds is 0. The van der Waals surface area contributed by atoms with Gasteiger partial charge in [0.15, 0.2) is 10.1 Å². The first kappa shape index (κ1) is 12.0. The molecule has 3 nitrogen and oxygen atoms in total. The molecule has 0 atom stereocenters. The van der Waals surface area contributed by atoms with Crippen LogP contribution < -0.4 is 0 Å². The van der Waals surface area contributed by atoms with Gasteiger partial charge in [-0.2, -0.15) is 13.2 Å². The van der Waals surface area contributed by atoms with Crippen molar-refractivity contribution in [1.29, 1.82) is 0 Å². The molecule has 0 bridgehead atoms. The molecule has 0 aliphatic heterocycles. The Labute approximate surface area is 61.7 Å². The molecule has 0 heterocycles. The predicted octanol–water partition coefficient (Wildman–Crippen LogP) is 0.0489. The van der Waals surface area contributed by atoms with Crippen LogP contribution in [-0.2, 0) is 29.6 Å². The van der Waals surface area contributed by atoms with E-state index in [-0.39, 0.29) is 19.5 Å². The van der Waals surface area contributed by atoms with Gasteiger partial charge < -0.3 is 4.55 Å². The summed E-state index contributed by atoms with van der Waals surface area (Å²) in [5, 5.41) is 0. The SMILES string of the molecule is O=S(=O)([O-])C(F)(F)F.[Ru+]. The molecule has 0 saturated carbocycles. The van der Waals surface area contributed by atoms with Gasteiger partial charge in [0, 0.05) is 0 Å². The fourth-order valence-corrected chi connectivity index (χ4v) is 0. The predicted molar refractivity (Wildman–Crippen MR) is 15.8 cm³/mol. The van der Waals surface area contributed by atoms with Gasteiger partial charge in [0.1, 0.15) is 0 Å². The summed E-state index contributed by atoms with van der Waals surface area (Å²) in [5.74, 6) is 0. The quantitative estimate of drug-likeness (QED) is 0.347.